The van der Waals surface area contributed by atoms with Crippen LogP contribution in [0.4, 0.5) is 0 Å². The highest BCUT2D eigenvalue weighted by atomic mass is 35.5. The molecule has 1 fully saturated rings. The van der Waals surface area contributed by atoms with Crippen LogP contribution >= 0.6 is 11.6 Å². The van der Waals surface area contributed by atoms with Crippen LogP contribution in [0.2, 0.25) is 5.02 Å². The van der Waals surface area contributed by atoms with Crippen molar-refractivity contribution in [3.05, 3.63) is 16.4 Å². The minimum absolute atomic E-state index is 0.506. The van der Waals surface area contributed by atoms with E-state index in [1.165, 1.54) is 12.8 Å². The van der Waals surface area contributed by atoms with Gasteiger partial charge in [-0.2, -0.15) is 5.10 Å². The molecule has 1 aromatic heterocycles. The van der Waals surface area contributed by atoms with Crippen molar-refractivity contribution in [1.29, 1.82) is 0 Å². The predicted molar refractivity (Wildman–Crippen MR) is 65.4 cm³/mol. The molecule has 0 aromatic carbocycles. The van der Waals surface area contributed by atoms with Crippen molar-refractivity contribution in [2.24, 2.45) is 12.8 Å². The van der Waals surface area contributed by atoms with Gasteiger partial charge in [-0.1, -0.05) is 11.6 Å². The molecule has 1 aliphatic rings. The third-order valence-corrected chi connectivity index (χ3v) is 3.88. The molecule has 1 unspecified atom stereocenters. The Bertz CT molecular complexity index is 374. The number of aryl methyl sites for hydroxylation is 2. The predicted octanol–water partition coefficient (Wildman–Crippen LogP) is 1.31. The third kappa shape index (κ3) is 2.10. The van der Waals surface area contributed by atoms with E-state index in [0.29, 0.717) is 6.04 Å². The standard InChI is InChI=1S/C11H19ClN4/c1-8-11(12)10(15(2)14-8)7-16-5-3-4-9(16)6-13/h9H,3-7,13H2,1-2H3. The summed E-state index contributed by atoms with van der Waals surface area (Å²) in [6.45, 7) is 4.64. The van der Waals surface area contributed by atoms with Crippen molar-refractivity contribution in [2.75, 3.05) is 13.1 Å². The summed E-state index contributed by atoms with van der Waals surface area (Å²) in [5, 5.41) is 5.13. The lowest BCUT2D eigenvalue weighted by Gasteiger charge is -2.23. The Kier molecular flexibility index (Phi) is 3.52. The molecule has 0 amide bonds. The maximum absolute atomic E-state index is 6.24. The topological polar surface area (TPSA) is 47.1 Å². The van der Waals surface area contributed by atoms with E-state index in [1.54, 1.807) is 0 Å². The first-order valence-corrected chi connectivity index (χ1v) is 6.13. The maximum atomic E-state index is 6.24. The number of nitrogens with zero attached hydrogens (tertiary/aromatic N) is 3. The quantitative estimate of drug-likeness (QED) is 0.870. The minimum atomic E-state index is 0.506. The van der Waals surface area contributed by atoms with Crippen LogP contribution in [-0.4, -0.2) is 33.8 Å². The van der Waals surface area contributed by atoms with Gasteiger partial charge in [0, 0.05) is 26.2 Å². The lowest BCUT2D eigenvalue weighted by Crippen LogP contribution is -2.35. The van der Waals surface area contributed by atoms with Crippen molar-refractivity contribution in [2.45, 2.75) is 32.4 Å². The number of likely N-dealkylation sites (tertiary alicyclic amines) is 1. The van der Waals surface area contributed by atoms with E-state index in [4.69, 9.17) is 17.3 Å². The van der Waals surface area contributed by atoms with Crippen LogP contribution in [0.1, 0.15) is 24.2 Å². The summed E-state index contributed by atoms with van der Waals surface area (Å²) in [5.74, 6) is 0. The van der Waals surface area contributed by atoms with E-state index < -0.39 is 0 Å². The highest BCUT2D eigenvalue weighted by molar-refractivity contribution is 6.31. The summed E-state index contributed by atoms with van der Waals surface area (Å²) in [7, 11) is 1.95. The van der Waals surface area contributed by atoms with Gasteiger partial charge in [0.2, 0.25) is 0 Å². The largest absolute Gasteiger partial charge is 0.329 e. The Morgan fingerprint density at radius 2 is 2.31 bits per heavy atom. The second kappa shape index (κ2) is 4.73. The van der Waals surface area contributed by atoms with E-state index in [1.807, 2.05) is 18.7 Å². The normalized spacial score (nSPS) is 21.9. The molecule has 1 aromatic rings. The van der Waals surface area contributed by atoms with Crippen molar-refractivity contribution in [3.8, 4) is 0 Å². The Labute approximate surface area is 101 Å². The molecule has 90 valence electrons. The molecule has 2 N–H and O–H groups in total. The fraction of sp³-hybridized carbons (Fsp3) is 0.727. The van der Waals surface area contributed by atoms with E-state index in [0.717, 1.165) is 36.0 Å². The van der Waals surface area contributed by atoms with Gasteiger partial charge in [0.1, 0.15) is 0 Å². The van der Waals surface area contributed by atoms with Crippen LogP contribution in [0.5, 0.6) is 0 Å². The molecule has 4 nitrogen and oxygen atoms in total. The molecule has 2 rings (SSSR count). The lowest BCUT2D eigenvalue weighted by atomic mass is 10.2. The number of aromatic nitrogens is 2. The molecular formula is C11H19ClN4. The van der Waals surface area contributed by atoms with Crippen LogP contribution in [0, 0.1) is 6.92 Å². The molecule has 2 heterocycles. The molecule has 16 heavy (non-hydrogen) atoms. The Morgan fingerprint density at radius 3 is 2.88 bits per heavy atom. The first-order valence-electron chi connectivity index (χ1n) is 5.75. The molecule has 5 heteroatoms. The van der Waals surface area contributed by atoms with E-state index >= 15 is 0 Å². The molecule has 0 spiro atoms. The highest BCUT2D eigenvalue weighted by Gasteiger charge is 2.25. The van der Waals surface area contributed by atoms with Gasteiger partial charge in [-0.05, 0) is 26.3 Å². The van der Waals surface area contributed by atoms with Gasteiger partial charge >= 0.3 is 0 Å². The summed E-state index contributed by atoms with van der Waals surface area (Å²) in [5.41, 5.74) is 7.76. The minimum Gasteiger partial charge on any atom is -0.329 e. The van der Waals surface area contributed by atoms with Gasteiger partial charge in [0.05, 0.1) is 16.4 Å². The van der Waals surface area contributed by atoms with Crippen molar-refractivity contribution < 1.29 is 0 Å². The zero-order chi connectivity index (χ0) is 11.7. The van der Waals surface area contributed by atoms with Crippen molar-refractivity contribution in [1.82, 2.24) is 14.7 Å². The van der Waals surface area contributed by atoms with Crippen molar-refractivity contribution >= 4 is 11.6 Å². The molecule has 1 atom stereocenters. The Morgan fingerprint density at radius 1 is 1.56 bits per heavy atom. The maximum Gasteiger partial charge on any atom is 0.0860 e. The van der Waals surface area contributed by atoms with Crippen LogP contribution in [0.15, 0.2) is 0 Å². The molecule has 0 aliphatic carbocycles. The smallest absolute Gasteiger partial charge is 0.0860 e. The summed E-state index contributed by atoms with van der Waals surface area (Å²) < 4.78 is 1.88. The second-order valence-electron chi connectivity index (χ2n) is 4.47. The van der Waals surface area contributed by atoms with Gasteiger partial charge in [-0.15, -0.1) is 0 Å². The molecular weight excluding hydrogens is 224 g/mol. The van der Waals surface area contributed by atoms with Gasteiger partial charge in [0.25, 0.3) is 0 Å². The summed E-state index contributed by atoms with van der Waals surface area (Å²) in [6.07, 6.45) is 2.43. The Hall–Kier alpha value is -0.580. The first kappa shape index (κ1) is 11.9. The number of nitrogens with two attached hydrogens (primary N) is 1. The zero-order valence-corrected chi connectivity index (χ0v) is 10.7. The molecule has 1 saturated heterocycles. The molecule has 0 radical (unpaired) electrons. The van der Waals surface area contributed by atoms with Crippen LogP contribution in [0.25, 0.3) is 0 Å². The first-order chi connectivity index (χ1) is 7.63. The second-order valence-corrected chi connectivity index (χ2v) is 4.85. The zero-order valence-electron chi connectivity index (χ0n) is 9.91. The molecule has 0 saturated carbocycles. The summed E-state index contributed by atoms with van der Waals surface area (Å²) in [6, 6.07) is 0.506. The highest BCUT2D eigenvalue weighted by Crippen LogP contribution is 2.24. The van der Waals surface area contributed by atoms with Crippen LogP contribution < -0.4 is 5.73 Å². The fourth-order valence-corrected chi connectivity index (χ4v) is 2.63. The summed E-state index contributed by atoms with van der Waals surface area (Å²) in [4.78, 5) is 2.41. The third-order valence-electron chi connectivity index (χ3n) is 3.39. The van der Waals surface area contributed by atoms with E-state index in [9.17, 15) is 0 Å². The molecule has 0 bridgehead atoms. The average Bonchev–Trinajstić information content (AvgIpc) is 2.79. The lowest BCUT2D eigenvalue weighted by molar-refractivity contribution is 0.244. The van der Waals surface area contributed by atoms with E-state index in [2.05, 4.69) is 10.00 Å². The van der Waals surface area contributed by atoms with Gasteiger partial charge in [-0.3, -0.25) is 9.58 Å². The average molecular weight is 243 g/mol. The number of hydrogen-bond donors (Lipinski definition) is 1. The number of halogens is 1. The van der Waals surface area contributed by atoms with E-state index in [-0.39, 0.29) is 0 Å². The fourth-order valence-electron chi connectivity index (χ4n) is 2.41. The van der Waals surface area contributed by atoms with Gasteiger partial charge in [0.15, 0.2) is 0 Å². The van der Waals surface area contributed by atoms with Gasteiger partial charge < -0.3 is 5.73 Å². The number of rotatable bonds is 3. The molecule has 1 aliphatic heterocycles. The Balaban J connectivity index is 2.14. The number of hydrogen-bond acceptors (Lipinski definition) is 3. The van der Waals surface area contributed by atoms with Gasteiger partial charge in [-0.25, -0.2) is 0 Å². The SMILES string of the molecule is Cc1nn(C)c(CN2CCCC2CN)c1Cl. The van der Waals surface area contributed by atoms with Crippen LogP contribution in [0.3, 0.4) is 0 Å². The monoisotopic (exact) mass is 242 g/mol. The van der Waals surface area contributed by atoms with Crippen molar-refractivity contribution in [3.63, 3.8) is 0 Å². The van der Waals surface area contributed by atoms with Crippen LogP contribution in [-0.2, 0) is 13.6 Å². The summed E-state index contributed by atoms with van der Waals surface area (Å²) >= 11 is 6.24.